The summed E-state index contributed by atoms with van der Waals surface area (Å²) in [7, 11) is 2.21. The van der Waals surface area contributed by atoms with Crippen LogP contribution in [0.3, 0.4) is 0 Å². The lowest BCUT2D eigenvalue weighted by molar-refractivity contribution is -0.109. The van der Waals surface area contributed by atoms with E-state index in [9.17, 15) is 4.79 Å². The Bertz CT molecular complexity index is 218. The Kier molecular flexibility index (Phi) is 4.32. The van der Waals surface area contributed by atoms with E-state index in [0.717, 1.165) is 38.5 Å². The van der Waals surface area contributed by atoms with Gasteiger partial charge in [0.05, 0.1) is 6.54 Å². The summed E-state index contributed by atoms with van der Waals surface area (Å²) < 4.78 is 0. The van der Waals surface area contributed by atoms with Crippen LogP contribution in [0.2, 0.25) is 0 Å². The van der Waals surface area contributed by atoms with E-state index in [1.165, 1.54) is 25.9 Å². The monoisotopic (exact) mass is 225 g/mol. The maximum Gasteiger partial charge on any atom is 0.133 e. The molecule has 0 spiro atoms. The normalized spacial score (nSPS) is 27.1. The molecule has 2 rings (SSSR count). The van der Waals surface area contributed by atoms with Crippen molar-refractivity contribution >= 4 is 6.29 Å². The fourth-order valence-corrected chi connectivity index (χ4v) is 2.78. The van der Waals surface area contributed by atoms with E-state index < -0.39 is 0 Å². The molecule has 2 fully saturated rings. The number of likely N-dealkylation sites (tertiary alicyclic amines) is 1. The first-order valence-electron chi connectivity index (χ1n) is 6.38. The zero-order chi connectivity index (χ0) is 11.4. The topological polar surface area (TPSA) is 26.8 Å². The van der Waals surface area contributed by atoms with Gasteiger partial charge >= 0.3 is 0 Å². The van der Waals surface area contributed by atoms with E-state index >= 15 is 0 Å². The van der Waals surface area contributed by atoms with Gasteiger partial charge in [0.25, 0.3) is 0 Å². The molecule has 4 nitrogen and oxygen atoms in total. The molecule has 2 aliphatic heterocycles. The Labute approximate surface area is 98.2 Å². The van der Waals surface area contributed by atoms with Crippen LogP contribution in [-0.4, -0.2) is 79.9 Å². The smallest absolute Gasteiger partial charge is 0.133 e. The zero-order valence-electron chi connectivity index (χ0n) is 10.3. The first kappa shape index (κ1) is 12.0. The number of nitrogens with zero attached hydrogens (tertiary/aromatic N) is 3. The number of hydrogen-bond donors (Lipinski definition) is 0. The third kappa shape index (κ3) is 3.03. The fraction of sp³-hybridized carbons (Fsp3) is 0.917. The van der Waals surface area contributed by atoms with Crippen LogP contribution in [0.25, 0.3) is 0 Å². The number of rotatable bonds is 3. The summed E-state index contributed by atoms with van der Waals surface area (Å²) in [6.45, 7) is 7.49. The minimum atomic E-state index is 0.612. The van der Waals surface area contributed by atoms with E-state index in [4.69, 9.17) is 0 Å². The van der Waals surface area contributed by atoms with Crippen LogP contribution in [0.5, 0.6) is 0 Å². The highest BCUT2D eigenvalue weighted by Crippen LogP contribution is 2.17. The van der Waals surface area contributed by atoms with Crippen LogP contribution in [-0.2, 0) is 4.79 Å². The molecule has 0 aromatic carbocycles. The molecule has 0 bridgehead atoms. The highest BCUT2D eigenvalue weighted by molar-refractivity contribution is 5.51. The minimum absolute atomic E-state index is 0.612. The van der Waals surface area contributed by atoms with Crippen molar-refractivity contribution in [2.45, 2.75) is 18.9 Å². The number of carbonyl (C=O) groups is 1. The molecule has 0 aromatic rings. The number of hydrogen-bond acceptors (Lipinski definition) is 4. The summed E-state index contributed by atoms with van der Waals surface area (Å²) in [6.07, 6.45) is 3.64. The predicted molar refractivity (Wildman–Crippen MR) is 64.6 cm³/mol. The first-order valence-corrected chi connectivity index (χ1v) is 6.38. The molecule has 0 amide bonds. The highest BCUT2D eigenvalue weighted by atomic mass is 16.1. The quantitative estimate of drug-likeness (QED) is 0.627. The second kappa shape index (κ2) is 5.75. The van der Waals surface area contributed by atoms with Crippen molar-refractivity contribution in [3.05, 3.63) is 0 Å². The van der Waals surface area contributed by atoms with Crippen molar-refractivity contribution in [2.24, 2.45) is 0 Å². The lowest BCUT2D eigenvalue weighted by Gasteiger charge is -2.41. The molecular formula is C12H23N3O. The van der Waals surface area contributed by atoms with Gasteiger partial charge in [-0.3, -0.25) is 9.80 Å². The van der Waals surface area contributed by atoms with Gasteiger partial charge in [0, 0.05) is 32.2 Å². The zero-order valence-corrected chi connectivity index (χ0v) is 10.3. The summed E-state index contributed by atoms with van der Waals surface area (Å²) in [4.78, 5) is 17.7. The van der Waals surface area contributed by atoms with Gasteiger partial charge in [-0.05, 0) is 33.0 Å². The molecule has 16 heavy (non-hydrogen) atoms. The molecule has 0 unspecified atom stereocenters. The summed E-state index contributed by atoms with van der Waals surface area (Å²) in [5.74, 6) is 0. The van der Waals surface area contributed by atoms with Crippen LogP contribution in [0.15, 0.2) is 0 Å². The Morgan fingerprint density at radius 3 is 2.25 bits per heavy atom. The van der Waals surface area contributed by atoms with Crippen LogP contribution in [0.4, 0.5) is 0 Å². The van der Waals surface area contributed by atoms with Gasteiger partial charge in [-0.25, -0.2) is 0 Å². The predicted octanol–water partition coefficient (Wildman–Crippen LogP) is -0.103. The molecule has 92 valence electrons. The van der Waals surface area contributed by atoms with Gasteiger partial charge in [-0.15, -0.1) is 0 Å². The number of carbonyl (C=O) groups excluding carboxylic acids is 1. The number of piperidine rings is 1. The summed E-state index contributed by atoms with van der Waals surface area (Å²) in [5.41, 5.74) is 0. The summed E-state index contributed by atoms with van der Waals surface area (Å²) in [5, 5.41) is 0. The second-order valence-electron chi connectivity index (χ2n) is 5.04. The van der Waals surface area contributed by atoms with E-state index in [0.29, 0.717) is 6.54 Å². The maximum atomic E-state index is 10.4. The molecule has 0 aromatic heterocycles. The third-order valence-electron chi connectivity index (χ3n) is 3.94. The van der Waals surface area contributed by atoms with Crippen LogP contribution < -0.4 is 0 Å². The van der Waals surface area contributed by atoms with E-state index in [1.807, 2.05) is 0 Å². The standard InChI is InChI=1S/C12H23N3O/c1-13-4-2-12(3-5-13)15-8-6-14(7-9-15)10-11-16/h11-12H,2-10H2,1H3. The molecule has 0 radical (unpaired) electrons. The van der Waals surface area contributed by atoms with Crippen molar-refractivity contribution in [1.82, 2.24) is 14.7 Å². The van der Waals surface area contributed by atoms with E-state index in [-0.39, 0.29) is 0 Å². The molecule has 2 heterocycles. The van der Waals surface area contributed by atoms with E-state index in [1.54, 1.807) is 0 Å². The summed E-state index contributed by atoms with van der Waals surface area (Å²) in [6, 6.07) is 0.787. The maximum absolute atomic E-state index is 10.4. The van der Waals surface area contributed by atoms with Gasteiger partial charge in [0.1, 0.15) is 6.29 Å². The molecule has 4 heteroatoms. The number of aldehydes is 1. The third-order valence-corrected chi connectivity index (χ3v) is 3.94. The van der Waals surface area contributed by atoms with Gasteiger partial charge in [0.2, 0.25) is 0 Å². The largest absolute Gasteiger partial charge is 0.306 e. The molecule has 0 atom stereocenters. The average Bonchev–Trinajstić information content (AvgIpc) is 2.32. The summed E-state index contributed by atoms with van der Waals surface area (Å²) >= 11 is 0. The molecule has 2 aliphatic rings. The Hall–Kier alpha value is -0.450. The van der Waals surface area contributed by atoms with Crippen LogP contribution in [0, 0.1) is 0 Å². The molecule has 0 aliphatic carbocycles. The lowest BCUT2D eigenvalue weighted by atomic mass is 10.0. The van der Waals surface area contributed by atoms with Gasteiger partial charge in [0.15, 0.2) is 0 Å². The molecule has 2 saturated heterocycles. The first-order chi connectivity index (χ1) is 7.79. The van der Waals surface area contributed by atoms with E-state index in [2.05, 4.69) is 21.7 Å². The Morgan fingerprint density at radius 2 is 1.69 bits per heavy atom. The van der Waals surface area contributed by atoms with Crippen molar-refractivity contribution < 1.29 is 4.79 Å². The molecule has 0 N–H and O–H groups in total. The average molecular weight is 225 g/mol. The van der Waals surface area contributed by atoms with Crippen molar-refractivity contribution in [1.29, 1.82) is 0 Å². The van der Waals surface area contributed by atoms with Crippen molar-refractivity contribution in [2.75, 3.05) is 52.9 Å². The molecular weight excluding hydrogens is 202 g/mol. The van der Waals surface area contributed by atoms with Crippen molar-refractivity contribution in [3.63, 3.8) is 0 Å². The lowest BCUT2D eigenvalue weighted by Crippen LogP contribution is -2.53. The fourth-order valence-electron chi connectivity index (χ4n) is 2.78. The molecule has 0 saturated carbocycles. The minimum Gasteiger partial charge on any atom is -0.306 e. The van der Waals surface area contributed by atoms with Crippen LogP contribution in [0.1, 0.15) is 12.8 Å². The van der Waals surface area contributed by atoms with Gasteiger partial charge in [-0.2, -0.15) is 0 Å². The van der Waals surface area contributed by atoms with Gasteiger partial charge in [-0.1, -0.05) is 0 Å². The highest BCUT2D eigenvalue weighted by Gasteiger charge is 2.25. The number of piperazine rings is 1. The van der Waals surface area contributed by atoms with Crippen molar-refractivity contribution in [3.8, 4) is 0 Å². The van der Waals surface area contributed by atoms with Crippen LogP contribution >= 0.6 is 0 Å². The Morgan fingerprint density at radius 1 is 1.06 bits per heavy atom. The Balaban J connectivity index is 1.74. The second-order valence-corrected chi connectivity index (χ2v) is 5.04. The SMILES string of the molecule is CN1CCC(N2CCN(CC=O)CC2)CC1. The van der Waals surface area contributed by atoms with Gasteiger partial charge < -0.3 is 9.69 Å².